The van der Waals surface area contributed by atoms with Gasteiger partial charge >= 0.3 is 6.01 Å². The van der Waals surface area contributed by atoms with Crippen LogP contribution >= 0.6 is 0 Å². The van der Waals surface area contributed by atoms with Crippen LogP contribution in [0.15, 0.2) is 4.42 Å². The molecule has 12 heavy (non-hydrogen) atoms. The van der Waals surface area contributed by atoms with E-state index in [2.05, 4.69) is 10.2 Å². The number of alkyl halides is 2. The molecule has 66 valence electrons. The minimum absolute atomic E-state index is 0.0324. The SMILES string of the molecule is Nc1nnc(C2(C(F)F)CC2)o1. The van der Waals surface area contributed by atoms with Gasteiger partial charge in [-0.1, -0.05) is 5.10 Å². The lowest BCUT2D eigenvalue weighted by Crippen LogP contribution is -2.17. The van der Waals surface area contributed by atoms with E-state index in [0.29, 0.717) is 12.8 Å². The molecule has 0 spiro atoms. The quantitative estimate of drug-likeness (QED) is 0.726. The third-order valence-corrected chi connectivity index (χ3v) is 2.07. The van der Waals surface area contributed by atoms with Gasteiger partial charge in [0.2, 0.25) is 5.89 Å². The number of hydrogen-bond donors (Lipinski definition) is 1. The largest absolute Gasteiger partial charge is 0.407 e. The molecule has 0 unspecified atom stereocenters. The summed E-state index contributed by atoms with van der Waals surface area (Å²) in [6.45, 7) is 0. The summed E-state index contributed by atoms with van der Waals surface area (Å²) < 4.78 is 29.6. The highest BCUT2D eigenvalue weighted by molar-refractivity contribution is 5.19. The van der Waals surface area contributed by atoms with Gasteiger partial charge in [-0.3, -0.25) is 0 Å². The van der Waals surface area contributed by atoms with Gasteiger partial charge in [-0.25, -0.2) is 8.78 Å². The van der Waals surface area contributed by atoms with Crippen molar-refractivity contribution in [1.29, 1.82) is 0 Å². The lowest BCUT2D eigenvalue weighted by molar-refractivity contribution is 0.0887. The Bertz CT molecular complexity index is 295. The summed E-state index contributed by atoms with van der Waals surface area (Å²) in [5, 5.41) is 6.78. The van der Waals surface area contributed by atoms with E-state index < -0.39 is 11.8 Å². The van der Waals surface area contributed by atoms with Gasteiger partial charge < -0.3 is 10.2 Å². The summed E-state index contributed by atoms with van der Waals surface area (Å²) in [6, 6.07) is -0.156. The van der Waals surface area contributed by atoms with Crippen molar-refractivity contribution in [2.24, 2.45) is 0 Å². The van der Waals surface area contributed by atoms with Crippen molar-refractivity contribution in [3.63, 3.8) is 0 Å². The number of rotatable bonds is 2. The average Bonchev–Trinajstić information content (AvgIpc) is 2.71. The Balaban J connectivity index is 2.30. The van der Waals surface area contributed by atoms with Gasteiger partial charge in [0.15, 0.2) is 0 Å². The van der Waals surface area contributed by atoms with Crippen LogP contribution in [0.25, 0.3) is 0 Å². The molecule has 2 rings (SSSR count). The molecule has 0 aromatic carbocycles. The van der Waals surface area contributed by atoms with E-state index in [0.717, 1.165) is 0 Å². The normalized spacial score (nSPS) is 19.9. The highest BCUT2D eigenvalue weighted by Crippen LogP contribution is 2.52. The fourth-order valence-corrected chi connectivity index (χ4v) is 1.10. The monoisotopic (exact) mass is 175 g/mol. The van der Waals surface area contributed by atoms with E-state index in [1.807, 2.05) is 0 Å². The molecular weight excluding hydrogens is 168 g/mol. The number of aromatic nitrogens is 2. The highest BCUT2D eigenvalue weighted by Gasteiger charge is 2.57. The Morgan fingerprint density at radius 3 is 2.42 bits per heavy atom. The fourth-order valence-electron chi connectivity index (χ4n) is 1.10. The highest BCUT2D eigenvalue weighted by atomic mass is 19.3. The molecule has 1 heterocycles. The molecule has 0 saturated heterocycles. The Morgan fingerprint density at radius 1 is 1.42 bits per heavy atom. The molecule has 0 atom stereocenters. The number of hydrogen-bond acceptors (Lipinski definition) is 4. The third kappa shape index (κ3) is 0.870. The van der Waals surface area contributed by atoms with Gasteiger partial charge in [0.1, 0.15) is 5.41 Å². The summed E-state index contributed by atoms with van der Waals surface area (Å²) in [4.78, 5) is 0. The second-order valence-electron chi connectivity index (χ2n) is 2.90. The van der Waals surface area contributed by atoms with E-state index in [1.165, 1.54) is 0 Å². The Labute approximate surface area is 66.8 Å². The zero-order valence-electron chi connectivity index (χ0n) is 6.13. The molecule has 0 bridgehead atoms. The maximum absolute atomic E-state index is 12.4. The molecule has 1 aromatic rings. The van der Waals surface area contributed by atoms with Crippen molar-refractivity contribution in [1.82, 2.24) is 10.2 Å². The van der Waals surface area contributed by atoms with Crippen molar-refractivity contribution in [3.05, 3.63) is 5.89 Å². The molecule has 1 saturated carbocycles. The number of halogens is 2. The fraction of sp³-hybridized carbons (Fsp3) is 0.667. The molecule has 2 N–H and O–H groups in total. The predicted molar refractivity (Wildman–Crippen MR) is 35.6 cm³/mol. The van der Waals surface area contributed by atoms with Crippen LogP contribution in [0.2, 0.25) is 0 Å². The van der Waals surface area contributed by atoms with Crippen molar-refractivity contribution in [2.75, 3.05) is 5.73 Å². The van der Waals surface area contributed by atoms with Crippen molar-refractivity contribution in [3.8, 4) is 0 Å². The van der Waals surface area contributed by atoms with Crippen LogP contribution in [0.5, 0.6) is 0 Å². The smallest absolute Gasteiger partial charge is 0.312 e. The molecule has 1 aromatic heterocycles. The molecule has 0 aliphatic heterocycles. The standard InChI is InChI=1S/C6H7F2N3O/c7-3(8)6(1-2-6)4-10-11-5(9)12-4/h3H,1-2H2,(H2,9,11). The van der Waals surface area contributed by atoms with Crippen LogP contribution in [0.1, 0.15) is 18.7 Å². The molecule has 0 amide bonds. The van der Waals surface area contributed by atoms with Crippen LogP contribution in [0, 0.1) is 0 Å². The van der Waals surface area contributed by atoms with Crippen molar-refractivity contribution in [2.45, 2.75) is 24.7 Å². The molecule has 0 radical (unpaired) electrons. The number of anilines is 1. The van der Waals surface area contributed by atoms with Crippen molar-refractivity contribution >= 4 is 6.01 Å². The van der Waals surface area contributed by atoms with E-state index in [4.69, 9.17) is 10.2 Å². The van der Waals surface area contributed by atoms with Gasteiger partial charge in [0.25, 0.3) is 6.43 Å². The Hall–Kier alpha value is -1.20. The van der Waals surface area contributed by atoms with Gasteiger partial charge in [-0.15, -0.1) is 5.10 Å². The first-order chi connectivity index (χ1) is 5.65. The minimum atomic E-state index is -2.45. The predicted octanol–water partition coefficient (Wildman–Crippen LogP) is 0.948. The van der Waals surface area contributed by atoms with E-state index >= 15 is 0 Å². The topological polar surface area (TPSA) is 64.9 Å². The van der Waals surface area contributed by atoms with Gasteiger partial charge in [-0.2, -0.15) is 0 Å². The molecule has 1 aliphatic carbocycles. The van der Waals surface area contributed by atoms with Crippen LogP contribution in [-0.4, -0.2) is 16.6 Å². The lowest BCUT2D eigenvalue weighted by atomic mass is 10.1. The first-order valence-corrected chi connectivity index (χ1v) is 3.53. The number of nitrogens with two attached hydrogens (primary N) is 1. The van der Waals surface area contributed by atoms with Gasteiger partial charge in [-0.05, 0) is 12.8 Å². The van der Waals surface area contributed by atoms with E-state index in [1.54, 1.807) is 0 Å². The molecule has 1 fully saturated rings. The minimum Gasteiger partial charge on any atom is -0.407 e. The van der Waals surface area contributed by atoms with Crippen molar-refractivity contribution < 1.29 is 13.2 Å². The molecular formula is C6H7F2N3O. The van der Waals surface area contributed by atoms with E-state index in [-0.39, 0.29) is 11.9 Å². The van der Waals surface area contributed by atoms with Gasteiger partial charge in [0, 0.05) is 0 Å². The number of nitrogens with zero attached hydrogens (tertiary/aromatic N) is 2. The Kier molecular flexibility index (Phi) is 1.33. The summed E-state index contributed by atoms with van der Waals surface area (Å²) >= 11 is 0. The zero-order valence-corrected chi connectivity index (χ0v) is 6.13. The first-order valence-electron chi connectivity index (χ1n) is 3.53. The average molecular weight is 175 g/mol. The van der Waals surface area contributed by atoms with E-state index in [9.17, 15) is 8.78 Å². The molecule has 1 aliphatic rings. The molecule has 4 nitrogen and oxygen atoms in total. The summed E-state index contributed by atoms with van der Waals surface area (Å²) in [7, 11) is 0. The second-order valence-corrected chi connectivity index (χ2v) is 2.90. The van der Waals surface area contributed by atoms with Crippen LogP contribution in [0.4, 0.5) is 14.8 Å². The maximum atomic E-state index is 12.4. The summed E-state index contributed by atoms with van der Waals surface area (Å²) in [5.41, 5.74) is 3.93. The summed E-state index contributed by atoms with van der Waals surface area (Å²) in [5.74, 6) is -0.0324. The van der Waals surface area contributed by atoms with Gasteiger partial charge in [0.05, 0.1) is 0 Å². The third-order valence-electron chi connectivity index (χ3n) is 2.07. The van der Waals surface area contributed by atoms with Crippen LogP contribution in [0.3, 0.4) is 0 Å². The van der Waals surface area contributed by atoms with Crippen LogP contribution in [-0.2, 0) is 5.41 Å². The Morgan fingerprint density at radius 2 is 2.08 bits per heavy atom. The lowest BCUT2D eigenvalue weighted by Gasteiger charge is -2.06. The number of nitrogen functional groups attached to an aromatic ring is 1. The van der Waals surface area contributed by atoms with Crippen LogP contribution < -0.4 is 5.73 Å². The zero-order chi connectivity index (χ0) is 8.77. The second kappa shape index (κ2) is 2.15. The molecule has 6 heteroatoms. The summed E-state index contributed by atoms with van der Waals surface area (Å²) in [6.07, 6.45) is -1.66. The first kappa shape index (κ1) is 7.45. The maximum Gasteiger partial charge on any atom is 0.312 e.